The Morgan fingerprint density at radius 3 is 2.79 bits per heavy atom. The minimum Gasteiger partial charge on any atom is -0.368 e. The number of fused-ring (bicyclic) bond motifs is 1. The van der Waals surface area contributed by atoms with E-state index in [1.54, 1.807) is 6.20 Å². The third kappa shape index (κ3) is 3.59. The number of imidazole rings is 1. The number of nitrogens with two attached hydrogens (primary N) is 1. The van der Waals surface area contributed by atoms with Crippen LogP contribution in [-0.4, -0.2) is 57.0 Å². The van der Waals surface area contributed by atoms with Crippen LogP contribution < -0.4 is 10.6 Å². The van der Waals surface area contributed by atoms with Crippen molar-refractivity contribution in [1.29, 1.82) is 0 Å². The predicted octanol–water partition coefficient (Wildman–Crippen LogP) is 3.88. The topological polar surface area (TPSA) is 91.1 Å². The quantitative estimate of drug-likeness (QED) is 0.637. The van der Waals surface area contributed by atoms with Gasteiger partial charge in [0.1, 0.15) is 5.82 Å². The van der Waals surface area contributed by atoms with Gasteiger partial charge in [0, 0.05) is 43.6 Å². The second-order valence-corrected chi connectivity index (χ2v) is 10.5. The number of nitrogens with one attached hydrogen (secondary N) is 1. The van der Waals surface area contributed by atoms with Crippen molar-refractivity contribution in [2.45, 2.75) is 57.5 Å². The molecule has 2 saturated heterocycles. The van der Waals surface area contributed by atoms with Gasteiger partial charge in [0.15, 0.2) is 0 Å². The number of rotatable bonds is 4. The summed E-state index contributed by atoms with van der Waals surface area (Å²) in [6.45, 7) is 6.51. The first-order chi connectivity index (χ1) is 15.9. The first-order valence-corrected chi connectivity index (χ1v) is 12.2. The van der Waals surface area contributed by atoms with Gasteiger partial charge >= 0.3 is 0 Å². The molecule has 1 unspecified atom stereocenters. The molecule has 1 amide bonds. The van der Waals surface area contributed by atoms with Crippen molar-refractivity contribution in [2.24, 2.45) is 11.7 Å². The summed E-state index contributed by atoms with van der Waals surface area (Å²) in [6, 6.07) is 6.52. The monoisotopic (exact) mass is 444 g/mol. The van der Waals surface area contributed by atoms with Gasteiger partial charge in [0.2, 0.25) is 0 Å². The molecule has 2 aliphatic heterocycles. The van der Waals surface area contributed by atoms with Crippen LogP contribution >= 0.6 is 0 Å². The van der Waals surface area contributed by atoms with Gasteiger partial charge in [-0.1, -0.05) is 12.1 Å². The number of H-pyrrole nitrogens is 1. The summed E-state index contributed by atoms with van der Waals surface area (Å²) in [4.78, 5) is 31.3. The average molecular weight is 445 g/mol. The first-order valence-electron chi connectivity index (χ1n) is 12.2. The van der Waals surface area contributed by atoms with E-state index in [1.165, 1.54) is 12.8 Å². The molecule has 0 radical (unpaired) electrons. The third-order valence-electron chi connectivity index (χ3n) is 7.66. The van der Waals surface area contributed by atoms with E-state index in [-0.39, 0.29) is 11.4 Å². The van der Waals surface area contributed by atoms with Crippen molar-refractivity contribution >= 4 is 22.6 Å². The number of carbonyl (C=O) groups excluding carboxylic acids is 1. The van der Waals surface area contributed by atoms with E-state index in [2.05, 4.69) is 39.7 Å². The van der Waals surface area contributed by atoms with Crippen LogP contribution in [0.1, 0.15) is 54.9 Å². The second kappa shape index (κ2) is 7.55. The second-order valence-electron chi connectivity index (χ2n) is 10.5. The van der Waals surface area contributed by atoms with Crippen LogP contribution in [0.3, 0.4) is 0 Å². The highest BCUT2D eigenvalue weighted by Crippen LogP contribution is 2.42. The van der Waals surface area contributed by atoms with Crippen LogP contribution in [0.15, 0.2) is 30.6 Å². The highest BCUT2D eigenvalue weighted by atomic mass is 16.2. The molecule has 7 nitrogen and oxygen atoms in total. The molecule has 3 aliphatic rings. The minimum absolute atomic E-state index is 0.103. The van der Waals surface area contributed by atoms with E-state index < -0.39 is 0 Å². The number of amides is 1. The SMILES string of the molecule is Cc1cccc2[nH]c(-c3cncc(C(=O)N4CCCC4C4CC4)c3N3CC[C@](C)(N)C3)nc12. The largest absolute Gasteiger partial charge is 0.368 e. The minimum atomic E-state index is -0.282. The Balaban J connectivity index is 1.48. The molecule has 3 fully saturated rings. The highest BCUT2D eigenvalue weighted by molar-refractivity contribution is 6.03. The molecule has 7 heteroatoms. The molecular formula is C26H32N6O. The number of pyridine rings is 1. The van der Waals surface area contributed by atoms with Crippen LogP contribution in [0.2, 0.25) is 0 Å². The Kier molecular flexibility index (Phi) is 4.73. The summed E-state index contributed by atoms with van der Waals surface area (Å²) in [5.74, 6) is 1.53. The number of para-hydroxylation sites is 1. The zero-order valence-electron chi connectivity index (χ0n) is 19.5. The number of nitrogens with zero attached hydrogens (tertiary/aromatic N) is 4. The van der Waals surface area contributed by atoms with E-state index in [4.69, 9.17) is 10.7 Å². The molecule has 2 atom stereocenters. The molecule has 1 aliphatic carbocycles. The summed E-state index contributed by atoms with van der Waals surface area (Å²) < 4.78 is 0. The normalized spacial score (nSPS) is 25.4. The van der Waals surface area contributed by atoms with Gasteiger partial charge in [0.25, 0.3) is 5.91 Å². The lowest BCUT2D eigenvalue weighted by molar-refractivity contribution is 0.0721. The van der Waals surface area contributed by atoms with Gasteiger partial charge < -0.3 is 20.5 Å². The van der Waals surface area contributed by atoms with E-state index in [0.717, 1.165) is 66.0 Å². The van der Waals surface area contributed by atoms with Crippen molar-refractivity contribution in [3.63, 3.8) is 0 Å². The number of aromatic amines is 1. The molecule has 1 saturated carbocycles. The fraction of sp³-hybridized carbons (Fsp3) is 0.500. The summed E-state index contributed by atoms with van der Waals surface area (Å²) in [5.41, 5.74) is 11.8. The van der Waals surface area contributed by atoms with Crippen molar-refractivity contribution in [3.8, 4) is 11.4 Å². The Bertz CT molecular complexity index is 1230. The molecule has 33 heavy (non-hydrogen) atoms. The van der Waals surface area contributed by atoms with Crippen LogP contribution in [0.25, 0.3) is 22.4 Å². The number of aryl methyl sites for hydroxylation is 1. The number of aromatic nitrogens is 3. The van der Waals surface area contributed by atoms with E-state index in [1.807, 2.05) is 18.3 Å². The molecule has 0 bridgehead atoms. The lowest BCUT2D eigenvalue weighted by atomic mass is 10.0. The number of hydrogen-bond donors (Lipinski definition) is 2. The lowest BCUT2D eigenvalue weighted by Gasteiger charge is -2.29. The van der Waals surface area contributed by atoms with Crippen molar-refractivity contribution in [2.75, 3.05) is 24.5 Å². The van der Waals surface area contributed by atoms with Gasteiger partial charge in [0.05, 0.1) is 27.8 Å². The van der Waals surface area contributed by atoms with Gasteiger partial charge in [-0.3, -0.25) is 9.78 Å². The molecule has 3 aromatic rings. The number of hydrogen-bond acceptors (Lipinski definition) is 5. The maximum absolute atomic E-state index is 13.9. The Labute approximate surface area is 194 Å². The average Bonchev–Trinajstić information content (AvgIpc) is 3.20. The number of benzene rings is 1. The Morgan fingerprint density at radius 2 is 2.06 bits per heavy atom. The third-order valence-corrected chi connectivity index (χ3v) is 7.66. The van der Waals surface area contributed by atoms with Crippen LogP contribution in [0.4, 0.5) is 5.69 Å². The van der Waals surface area contributed by atoms with Gasteiger partial charge in [-0.25, -0.2) is 4.98 Å². The number of carbonyl (C=O) groups is 1. The van der Waals surface area contributed by atoms with Gasteiger partial charge in [-0.15, -0.1) is 0 Å². The maximum atomic E-state index is 13.9. The predicted molar refractivity (Wildman–Crippen MR) is 130 cm³/mol. The lowest BCUT2D eigenvalue weighted by Crippen LogP contribution is -2.40. The Morgan fingerprint density at radius 1 is 1.21 bits per heavy atom. The van der Waals surface area contributed by atoms with Gasteiger partial charge in [-0.2, -0.15) is 0 Å². The van der Waals surface area contributed by atoms with Crippen LogP contribution in [0, 0.1) is 12.8 Å². The highest BCUT2D eigenvalue weighted by Gasteiger charge is 2.42. The van der Waals surface area contributed by atoms with E-state index in [9.17, 15) is 4.79 Å². The Hall–Kier alpha value is -2.93. The first kappa shape index (κ1) is 20.7. The smallest absolute Gasteiger partial charge is 0.257 e. The number of anilines is 1. The molecule has 172 valence electrons. The molecule has 1 aromatic carbocycles. The van der Waals surface area contributed by atoms with Crippen molar-refractivity contribution < 1.29 is 4.79 Å². The van der Waals surface area contributed by atoms with E-state index in [0.29, 0.717) is 24.1 Å². The van der Waals surface area contributed by atoms with Crippen LogP contribution in [-0.2, 0) is 0 Å². The zero-order chi connectivity index (χ0) is 22.7. The molecule has 6 rings (SSSR count). The summed E-state index contributed by atoms with van der Waals surface area (Å²) >= 11 is 0. The molecule has 4 heterocycles. The summed E-state index contributed by atoms with van der Waals surface area (Å²) in [5, 5.41) is 0. The maximum Gasteiger partial charge on any atom is 0.257 e. The van der Waals surface area contributed by atoms with E-state index >= 15 is 0 Å². The number of likely N-dealkylation sites (tertiary alicyclic amines) is 1. The zero-order valence-corrected chi connectivity index (χ0v) is 19.5. The fourth-order valence-electron chi connectivity index (χ4n) is 5.77. The molecule has 3 N–H and O–H groups in total. The standard InChI is InChI=1S/C26H32N6O/c1-16-5-3-6-20-22(16)30-24(29-20)18-13-28-14-19(23(18)31-12-10-26(2,27)15-31)25(33)32-11-4-7-21(32)17-8-9-17/h3,5-6,13-14,17,21H,4,7-12,15,27H2,1-2H3,(H,29,30)/t21?,26-/m0/s1. The van der Waals surface area contributed by atoms with Crippen molar-refractivity contribution in [3.05, 3.63) is 41.7 Å². The molecule has 0 spiro atoms. The molecule has 2 aromatic heterocycles. The molecular weight excluding hydrogens is 412 g/mol. The summed E-state index contributed by atoms with van der Waals surface area (Å²) in [6.07, 6.45) is 9.17. The van der Waals surface area contributed by atoms with Crippen LogP contribution in [0.5, 0.6) is 0 Å². The summed E-state index contributed by atoms with van der Waals surface area (Å²) in [7, 11) is 0. The van der Waals surface area contributed by atoms with Gasteiger partial charge in [-0.05, 0) is 63.5 Å². The van der Waals surface area contributed by atoms with Crippen molar-refractivity contribution in [1.82, 2.24) is 19.9 Å². The fourth-order valence-corrected chi connectivity index (χ4v) is 5.77.